The fourth-order valence-corrected chi connectivity index (χ4v) is 4.55. The maximum absolute atomic E-state index is 12.9. The number of nitrogens with one attached hydrogen (secondary N) is 1. The number of rotatable bonds is 9. The second kappa shape index (κ2) is 10.5. The standard InChI is InChI=1S/C25H29N3O3S/c1-20-14-15-23(16-24(20)32(30,31)27(2)3)26-25(29)19-28(17-21-10-6-4-7-11-21)18-22-12-8-5-9-13-22/h4-16H,17-19H2,1-3H3,(H,26,29). The van der Waals surface area contributed by atoms with Crippen LogP contribution < -0.4 is 5.32 Å². The average Bonchev–Trinajstić information content (AvgIpc) is 2.76. The molecule has 0 heterocycles. The van der Waals surface area contributed by atoms with E-state index in [-0.39, 0.29) is 17.3 Å². The predicted octanol–water partition coefficient (Wildman–Crippen LogP) is 3.89. The Labute approximate surface area is 190 Å². The second-order valence-electron chi connectivity index (χ2n) is 7.93. The topological polar surface area (TPSA) is 69.7 Å². The van der Waals surface area contributed by atoms with Crippen LogP contribution in [0.1, 0.15) is 16.7 Å². The Kier molecular flexibility index (Phi) is 7.80. The summed E-state index contributed by atoms with van der Waals surface area (Å²) in [4.78, 5) is 15.1. The molecule has 0 unspecified atom stereocenters. The molecule has 0 bridgehead atoms. The molecule has 32 heavy (non-hydrogen) atoms. The van der Waals surface area contributed by atoms with Gasteiger partial charge in [0.25, 0.3) is 0 Å². The Morgan fingerprint density at radius 2 is 1.38 bits per heavy atom. The van der Waals surface area contributed by atoms with Crippen LogP contribution in [0, 0.1) is 6.92 Å². The Morgan fingerprint density at radius 1 is 0.844 bits per heavy atom. The van der Waals surface area contributed by atoms with Crippen LogP contribution in [0.4, 0.5) is 5.69 Å². The van der Waals surface area contributed by atoms with Gasteiger partial charge in [0, 0.05) is 32.9 Å². The SMILES string of the molecule is Cc1ccc(NC(=O)CN(Cc2ccccc2)Cc2ccccc2)cc1S(=O)(=O)N(C)C. The van der Waals surface area contributed by atoms with Gasteiger partial charge in [-0.25, -0.2) is 12.7 Å². The molecule has 3 aromatic carbocycles. The van der Waals surface area contributed by atoms with E-state index in [0.29, 0.717) is 24.3 Å². The number of anilines is 1. The van der Waals surface area contributed by atoms with E-state index in [9.17, 15) is 13.2 Å². The van der Waals surface area contributed by atoms with Crippen molar-refractivity contribution in [1.29, 1.82) is 0 Å². The Balaban J connectivity index is 1.76. The van der Waals surface area contributed by atoms with Crippen molar-refractivity contribution in [3.63, 3.8) is 0 Å². The van der Waals surface area contributed by atoms with Gasteiger partial charge in [-0.1, -0.05) is 66.7 Å². The van der Waals surface area contributed by atoms with Gasteiger partial charge in [0.2, 0.25) is 15.9 Å². The van der Waals surface area contributed by atoms with Gasteiger partial charge in [0.05, 0.1) is 11.4 Å². The minimum absolute atomic E-state index is 0.174. The highest BCUT2D eigenvalue weighted by molar-refractivity contribution is 7.89. The van der Waals surface area contributed by atoms with Crippen molar-refractivity contribution in [3.05, 3.63) is 95.6 Å². The number of hydrogen-bond acceptors (Lipinski definition) is 4. The number of amides is 1. The van der Waals surface area contributed by atoms with Gasteiger partial charge in [-0.3, -0.25) is 9.69 Å². The molecule has 3 rings (SSSR count). The van der Waals surface area contributed by atoms with E-state index in [0.717, 1.165) is 11.1 Å². The molecule has 0 saturated heterocycles. The Hall–Kier alpha value is -3.00. The quantitative estimate of drug-likeness (QED) is 0.536. The molecule has 0 aliphatic carbocycles. The van der Waals surface area contributed by atoms with Gasteiger partial charge >= 0.3 is 0 Å². The Bertz CT molecular complexity index is 1110. The molecule has 0 aliphatic rings. The first kappa shape index (κ1) is 23.7. The minimum atomic E-state index is -3.60. The lowest BCUT2D eigenvalue weighted by atomic mass is 10.1. The molecule has 0 aliphatic heterocycles. The van der Waals surface area contributed by atoms with Gasteiger partial charge in [-0.2, -0.15) is 0 Å². The fraction of sp³-hybridized carbons (Fsp3) is 0.240. The largest absolute Gasteiger partial charge is 0.325 e. The monoisotopic (exact) mass is 451 g/mol. The lowest BCUT2D eigenvalue weighted by Gasteiger charge is -2.22. The lowest BCUT2D eigenvalue weighted by Crippen LogP contribution is -2.32. The molecular weight excluding hydrogens is 422 g/mol. The summed E-state index contributed by atoms with van der Waals surface area (Å²) in [6.07, 6.45) is 0. The normalized spacial score (nSPS) is 11.7. The number of sulfonamides is 1. The van der Waals surface area contributed by atoms with Crippen LogP contribution in [0.3, 0.4) is 0 Å². The van der Waals surface area contributed by atoms with Crippen molar-refractivity contribution < 1.29 is 13.2 Å². The first-order valence-corrected chi connectivity index (χ1v) is 11.8. The maximum Gasteiger partial charge on any atom is 0.242 e. The highest BCUT2D eigenvalue weighted by Gasteiger charge is 2.21. The molecule has 1 amide bonds. The van der Waals surface area contributed by atoms with Crippen molar-refractivity contribution >= 4 is 21.6 Å². The number of benzene rings is 3. The smallest absolute Gasteiger partial charge is 0.242 e. The minimum Gasteiger partial charge on any atom is -0.325 e. The molecule has 6 nitrogen and oxygen atoms in total. The molecule has 0 spiro atoms. The molecule has 0 aromatic heterocycles. The maximum atomic E-state index is 12.9. The molecule has 0 fully saturated rings. The number of carbonyl (C=O) groups excluding carboxylic acids is 1. The van der Waals surface area contributed by atoms with Crippen molar-refractivity contribution in [2.24, 2.45) is 0 Å². The van der Waals surface area contributed by atoms with Gasteiger partial charge in [-0.05, 0) is 35.7 Å². The zero-order chi connectivity index (χ0) is 23.1. The molecule has 0 saturated carbocycles. The van der Waals surface area contributed by atoms with Crippen molar-refractivity contribution in [1.82, 2.24) is 9.21 Å². The third-order valence-corrected chi connectivity index (χ3v) is 7.05. The van der Waals surface area contributed by atoms with E-state index in [1.54, 1.807) is 19.1 Å². The lowest BCUT2D eigenvalue weighted by molar-refractivity contribution is -0.117. The molecule has 0 radical (unpaired) electrons. The van der Waals surface area contributed by atoms with E-state index in [1.807, 2.05) is 60.7 Å². The molecular formula is C25H29N3O3S. The number of aryl methyl sites for hydroxylation is 1. The molecule has 7 heteroatoms. The van der Waals surface area contributed by atoms with E-state index in [2.05, 4.69) is 10.2 Å². The molecule has 0 atom stereocenters. The van der Waals surface area contributed by atoms with Crippen LogP contribution in [0.15, 0.2) is 83.8 Å². The van der Waals surface area contributed by atoms with Crippen molar-refractivity contribution in [2.75, 3.05) is 26.0 Å². The summed E-state index contributed by atoms with van der Waals surface area (Å²) in [6.45, 7) is 3.16. The van der Waals surface area contributed by atoms with Gasteiger partial charge < -0.3 is 5.32 Å². The number of nitrogens with zero attached hydrogens (tertiary/aromatic N) is 2. The van der Waals surface area contributed by atoms with Crippen LogP contribution in [-0.2, 0) is 27.9 Å². The van der Waals surface area contributed by atoms with Crippen LogP contribution >= 0.6 is 0 Å². The first-order valence-electron chi connectivity index (χ1n) is 10.4. The van der Waals surface area contributed by atoms with E-state index < -0.39 is 10.0 Å². The zero-order valence-corrected chi connectivity index (χ0v) is 19.5. The molecule has 1 N–H and O–H groups in total. The Morgan fingerprint density at radius 3 is 1.88 bits per heavy atom. The summed E-state index contributed by atoms with van der Waals surface area (Å²) in [7, 11) is -0.616. The van der Waals surface area contributed by atoms with Gasteiger partial charge in [-0.15, -0.1) is 0 Å². The van der Waals surface area contributed by atoms with Crippen molar-refractivity contribution in [2.45, 2.75) is 24.9 Å². The second-order valence-corrected chi connectivity index (χ2v) is 10.1. The van der Waals surface area contributed by atoms with Gasteiger partial charge in [0.15, 0.2) is 0 Å². The average molecular weight is 452 g/mol. The summed E-state index contributed by atoms with van der Waals surface area (Å²) in [6, 6.07) is 24.9. The molecule has 168 valence electrons. The fourth-order valence-electron chi connectivity index (χ4n) is 3.41. The number of hydrogen-bond donors (Lipinski definition) is 1. The van der Waals surface area contributed by atoms with Crippen LogP contribution in [-0.4, -0.2) is 44.2 Å². The first-order chi connectivity index (χ1) is 15.3. The molecule has 3 aromatic rings. The van der Waals surface area contributed by atoms with E-state index in [1.165, 1.54) is 24.5 Å². The van der Waals surface area contributed by atoms with E-state index in [4.69, 9.17) is 0 Å². The predicted molar refractivity (Wildman–Crippen MR) is 128 cm³/mol. The zero-order valence-electron chi connectivity index (χ0n) is 18.7. The summed E-state index contributed by atoms with van der Waals surface area (Å²) in [5.41, 5.74) is 3.32. The highest BCUT2D eigenvalue weighted by atomic mass is 32.2. The third-order valence-electron chi connectivity index (χ3n) is 5.10. The number of carbonyl (C=O) groups is 1. The summed E-state index contributed by atoms with van der Waals surface area (Å²) >= 11 is 0. The van der Waals surface area contributed by atoms with Crippen LogP contribution in [0.2, 0.25) is 0 Å². The highest BCUT2D eigenvalue weighted by Crippen LogP contribution is 2.22. The third kappa shape index (κ3) is 6.26. The van der Waals surface area contributed by atoms with E-state index >= 15 is 0 Å². The summed E-state index contributed by atoms with van der Waals surface area (Å²) in [5, 5.41) is 2.86. The van der Waals surface area contributed by atoms with Gasteiger partial charge in [0.1, 0.15) is 0 Å². The van der Waals surface area contributed by atoms with Crippen LogP contribution in [0.25, 0.3) is 0 Å². The summed E-state index contributed by atoms with van der Waals surface area (Å²) in [5.74, 6) is -0.200. The van der Waals surface area contributed by atoms with Crippen LogP contribution in [0.5, 0.6) is 0 Å². The summed E-state index contributed by atoms with van der Waals surface area (Å²) < 4.78 is 26.3. The van der Waals surface area contributed by atoms with Crippen molar-refractivity contribution in [3.8, 4) is 0 Å².